The third-order valence-electron chi connectivity index (χ3n) is 10.0. The molecule has 0 spiro atoms. The van der Waals surface area contributed by atoms with Gasteiger partial charge in [-0.3, -0.25) is 4.79 Å². The second-order valence-electron chi connectivity index (χ2n) is 13.1. The zero-order chi connectivity index (χ0) is 37.5. The summed E-state index contributed by atoms with van der Waals surface area (Å²) in [7, 11) is 2.98. The zero-order valence-electron chi connectivity index (χ0n) is 28.7. The summed E-state index contributed by atoms with van der Waals surface area (Å²) in [6, 6.07) is 5.02. The predicted molar refractivity (Wildman–Crippen MR) is 170 cm³/mol. The molecule has 5 aliphatic rings. The van der Waals surface area contributed by atoms with Gasteiger partial charge in [0.25, 0.3) is 0 Å². The number of hydrogen-bond donors (Lipinski definition) is 6. The fourth-order valence-corrected chi connectivity index (χ4v) is 7.34. The van der Waals surface area contributed by atoms with E-state index in [1.165, 1.54) is 26.6 Å². The molecule has 4 heterocycles. The van der Waals surface area contributed by atoms with Gasteiger partial charge in [0.1, 0.15) is 42.2 Å². The van der Waals surface area contributed by atoms with Crippen molar-refractivity contribution in [2.45, 2.75) is 99.4 Å². The number of fused-ring (bicyclic) bond motifs is 3. The lowest BCUT2D eigenvalue weighted by Crippen LogP contribution is -2.61. The minimum atomic E-state index is -1.72. The number of epoxide rings is 1. The molecular weight excluding hydrogens is 696 g/mol. The first-order chi connectivity index (χ1) is 24.9. The van der Waals surface area contributed by atoms with E-state index in [0.29, 0.717) is 17.1 Å². The number of rotatable bonds is 12. The zero-order valence-corrected chi connectivity index (χ0v) is 28.7. The fraction of sp³-hybridized carbons (Fsp3) is 0.647. The van der Waals surface area contributed by atoms with Crippen molar-refractivity contribution >= 4 is 18.0 Å². The Morgan fingerprint density at radius 1 is 0.865 bits per heavy atom. The van der Waals surface area contributed by atoms with Crippen molar-refractivity contribution in [1.29, 1.82) is 0 Å². The molecule has 6 rings (SSSR count). The lowest BCUT2D eigenvalue weighted by Gasteiger charge is -2.44. The van der Waals surface area contributed by atoms with Gasteiger partial charge in [0.2, 0.25) is 6.29 Å². The average molecular weight is 741 g/mol. The molecule has 6 N–H and O–H groups in total. The third kappa shape index (κ3) is 7.13. The highest BCUT2D eigenvalue weighted by atomic mass is 16.8. The van der Waals surface area contributed by atoms with Gasteiger partial charge in [-0.2, -0.15) is 0 Å². The summed E-state index contributed by atoms with van der Waals surface area (Å²) in [5.41, 5.74) is -0.652. The molecule has 4 fully saturated rings. The minimum Gasteiger partial charge on any atom is -0.493 e. The highest BCUT2D eigenvalue weighted by molar-refractivity contribution is 5.87. The van der Waals surface area contributed by atoms with Crippen LogP contribution < -0.4 is 9.47 Å². The lowest BCUT2D eigenvalue weighted by molar-refractivity contribution is -0.347. The number of esters is 2. The van der Waals surface area contributed by atoms with Gasteiger partial charge in [0, 0.05) is 18.9 Å². The fourth-order valence-electron chi connectivity index (χ4n) is 7.34. The van der Waals surface area contributed by atoms with Crippen LogP contribution in [0.2, 0.25) is 0 Å². The van der Waals surface area contributed by atoms with E-state index < -0.39 is 122 Å². The number of methoxy groups -OCH3 is 2. The molecular formula is C34H44O18. The van der Waals surface area contributed by atoms with Crippen molar-refractivity contribution in [2.24, 2.45) is 11.8 Å². The summed E-state index contributed by atoms with van der Waals surface area (Å²) in [6.07, 6.45) is -11.8. The second kappa shape index (κ2) is 15.5. The van der Waals surface area contributed by atoms with Crippen molar-refractivity contribution in [3.05, 3.63) is 42.2 Å². The normalized spacial score (nSPS) is 42.2. The van der Waals surface area contributed by atoms with Gasteiger partial charge in [-0.25, -0.2) is 4.79 Å². The van der Waals surface area contributed by atoms with Crippen molar-refractivity contribution in [3.8, 4) is 11.5 Å². The molecule has 16 atom stereocenters. The quantitative estimate of drug-likeness (QED) is 0.0779. The average Bonchev–Trinajstić information content (AvgIpc) is 3.81. The summed E-state index contributed by atoms with van der Waals surface area (Å²) < 4.78 is 57.0. The van der Waals surface area contributed by atoms with Gasteiger partial charge in [0.05, 0.1) is 51.8 Å². The van der Waals surface area contributed by atoms with E-state index in [1.807, 2.05) is 0 Å². The Labute approximate surface area is 297 Å². The topological polar surface area (TPSA) is 251 Å². The molecule has 18 heteroatoms. The van der Waals surface area contributed by atoms with Crippen LogP contribution in [-0.4, -0.2) is 156 Å². The first-order valence-corrected chi connectivity index (χ1v) is 16.7. The number of ether oxygens (including phenoxy) is 10. The predicted octanol–water partition coefficient (Wildman–Crippen LogP) is -1.89. The number of aliphatic hydroxyl groups excluding tert-OH is 6. The molecule has 18 nitrogen and oxygen atoms in total. The van der Waals surface area contributed by atoms with Crippen molar-refractivity contribution < 1.29 is 87.6 Å². The van der Waals surface area contributed by atoms with Crippen LogP contribution in [0.3, 0.4) is 0 Å². The van der Waals surface area contributed by atoms with Gasteiger partial charge in [-0.1, -0.05) is 6.07 Å². The summed E-state index contributed by atoms with van der Waals surface area (Å²) >= 11 is 0. The van der Waals surface area contributed by atoms with E-state index in [0.717, 1.165) is 13.0 Å². The van der Waals surface area contributed by atoms with Gasteiger partial charge >= 0.3 is 11.9 Å². The SMILES string of the molecule is COc1ccc(/C=C/C(=O)O[C@@H]2[C@@H](O)[C@@H](OC(C)=O)[C@H](O[C@H]3[C@@H]4C=CO[C@@H](O[C@@H]5O[C@H](CO)[C@@H](O)[C@H](O)[C@H]5O)[C@@H]4[C@@]4(CO)O[C@@H]34)O[C@H]2C)cc1OC. The molecule has 52 heavy (non-hydrogen) atoms. The summed E-state index contributed by atoms with van der Waals surface area (Å²) in [4.78, 5) is 25.1. The van der Waals surface area contributed by atoms with Gasteiger partial charge in [-0.15, -0.1) is 0 Å². The Morgan fingerprint density at radius 3 is 2.29 bits per heavy atom. The Morgan fingerprint density at radius 2 is 1.62 bits per heavy atom. The summed E-state index contributed by atoms with van der Waals surface area (Å²) in [5, 5.41) is 62.5. The Kier molecular flexibility index (Phi) is 11.4. The maximum atomic E-state index is 12.9. The highest BCUT2D eigenvalue weighted by Crippen LogP contribution is 2.61. The Hall–Kier alpha value is -3.40. The number of benzene rings is 1. The van der Waals surface area contributed by atoms with Crippen molar-refractivity contribution in [2.75, 3.05) is 27.4 Å². The van der Waals surface area contributed by atoms with Crippen LogP contribution in [0.25, 0.3) is 6.08 Å². The van der Waals surface area contributed by atoms with Crippen LogP contribution in [0.5, 0.6) is 11.5 Å². The number of carbonyl (C=O) groups is 2. The smallest absolute Gasteiger partial charge is 0.331 e. The maximum Gasteiger partial charge on any atom is 0.331 e. The van der Waals surface area contributed by atoms with Gasteiger partial charge in [0.15, 0.2) is 36.3 Å². The molecule has 1 aromatic rings. The van der Waals surface area contributed by atoms with Crippen LogP contribution in [0, 0.1) is 11.8 Å². The molecule has 0 bridgehead atoms. The molecule has 0 amide bonds. The van der Waals surface area contributed by atoms with Gasteiger partial charge < -0.3 is 78.0 Å². The molecule has 1 aromatic carbocycles. The van der Waals surface area contributed by atoms with Crippen molar-refractivity contribution in [1.82, 2.24) is 0 Å². The van der Waals surface area contributed by atoms with Crippen LogP contribution in [0.15, 0.2) is 36.6 Å². The standard InChI is InChI=1S/C34H44O18/c1-14-27(49-21(38)8-6-16-5-7-18(43-3)19(11-16)44-4)26(42)29(47-15(2)37)33(46-14)50-28-17-9-10-45-31(22(17)34(13-36)30(28)52-34)51-32-25(41)24(40)23(39)20(12-35)48-32/h5-11,14,17,20,22-33,35-36,39-42H,12-13H2,1-4H3/b8-6+/t14-,17+,20+,22+,23+,24-,25+,26+,27-,28-,29+,30-,31-,32-,33-,34+/m0/s1. The van der Waals surface area contributed by atoms with Crippen LogP contribution in [-0.2, 0) is 47.5 Å². The van der Waals surface area contributed by atoms with Crippen LogP contribution >= 0.6 is 0 Å². The van der Waals surface area contributed by atoms with E-state index in [4.69, 9.17) is 47.4 Å². The largest absolute Gasteiger partial charge is 0.493 e. The van der Waals surface area contributed by atoms with Crippen LogP contribution in [0.4, 0.5) is 0 Å². The van der Waals surface area contributed by atoms with E-state index >= 15 is 0 Å². The molecule has 0 unspecified atom stereocenters. The first-order valence-electron chi connectivity index (χ1n) is 16.7. The third-order valence-corrected chi connectivity index (χ3v) is 10.0. The monoisotopic (exact) mass is 740 g/mol. The number of hydrogen-bond acceptors (Lipinski definition) is 18. The van der Waals surface area contributed by atoms with E-state index in [-0.39, 0.29) is 0 Å². The maximum absolute atomic E-state index is 12.9. The van der Waals surface area contributed by atoms with Crippen LogP contribution in [0.1, 0.15) is 19.4 Å². The minimum absolute atomic E-state index is 0.451. The molecule has 1 saturated carbocycles. The lowest BCUT2D eigenvalue weighted by atomic mass is 9.85. The molecule has 3 saturated heterocycles. The molecule has 0 aromatic heterocycles. The molecule has 288 valence electrons. The number of carbonyl (C=O) groups excluding carboxylic acids is 2. The van der Waals surface area contributed by atoms with E-state index in [9.17, 15) is 40.2 Å². The molecule has 1 aliphatic carbocycles. The first kappa shape index (κ1) is 38.3. The molecule has 0 radical (unpaired) electrons. The number of aliphatic hydroxyl groups is 6. The highest BCUT2D eigenvalue weighted by Gasteiger charge is 2.77. The van der Waals surface area contributed by atoms with Crippen molar-refractivity contribution in [3.63, 3.8) is 0 Å². The second-order valence-corrected chi connectivity index (χ2v) is 13.1. The van der Waals surface area contributed by atoms with E-state index in [1.54, 1.807) is 31.2 Å². The van der Waals surface area contributed by atoms with E-state index in [2.05, 4.69) is 0 Å². The summed E-state index contributed by atoms with van der Waals surface area (Å²) in [6.45, 7) is 1.50. The Balaban J connectivity index is 1.15. The van der Waals surface area contributed by atoms with Gasteiger partial charge in [-0.05, 0) is 36.8 Å². The summed E-state index contributed by atoms with van der Waals surface area (Å²) in [5.74, 6) is -2.01. The Bertz CT molecular complexity index is 1500. The molecule has 4 aliphatic heterocycles.